The van der Waals surface area contributed by atoms with E-state index in [4.69, 9.17) is 16.3 Å². The number of nitro benzene ring substituents is 1. The third kappa shape index (κ3) is 5.93. The summed E-state index contributed by atoms with van der Waals surface area (Å²) >= 11 is 5.93. The minimum absolute atomic E-state index is 0.0000292. The predicted octanol–water partition coefficient (Wildman–Crippen LogP) is 1.35. The molecule has 0 bridgehead atoms. The molecule has 2 rings (SSSR count). The normalized spacial score (nSPS) is 11.4. The van der Waals surface area contributed by atoms with Gasteiger partial charge in [0.05, 0.1) is 24.8 Å². The van der Waals surface area contributed by atoms with Crippen molar-refractivity contribution >= 4 is 40.5 Å². The van der Waals surface area contributed by atoms with E-state index in [9.17, 15) is 19.7 Å². The first kappa shape index (κ1) is 21.1. The van der Waals surface area contributed by atoms with Gasteiger partial charge in [-0.2, -0.15) is 0 Å². The summed E-state index contributed by atoms with van der Waals surface area (Å²) in [6.45, 7) is -0.0495. The molecule has 0 saturated carbocycles. The van der Waals surface area contributed by atoms with Gasteiger partial charge in [0.2, 0.25) is 0 Å². The number of amides is 2. The number of para-hydroxylation sites is 2. The molecule has 1 unspecified atom stereocenters. The molecule has 0 aliphatic rings. The molecular formula is C18H20ClN4O5+. The molecule has 0 aromatic heterocycles. The second kappa shape index (κ2) is 9.67. The van der Waals surface area contributed by atoms with Crippen LogP contribution in [0.5, 0.6) is 5.75 Å². The van der Waals surface area contributed by atoms with Crippen molar-refractivity contribution < 1.29 is 24.1 Å². The highest BCUT2D eigenvalue weighted by molar-refractivity contribution is 6.31. The molecule has 2 amide bonds. The Kier molecular flexibility index (Phi) is 7.30. The van der Waals surface area contributed by atoms with Gasteiger partial charge in [-0.05, 0) is 24.3 Å². The zero-order chi connectivity index (χ0) is 20.7. The lowest BCUT2D eigenvalue weighted by atomic mass is 10.2. The molecule has 0 fully saturated rings. The number of anilines is 2. The first-order valence-corrected chi connectivity index (χ1v) is 8.66. The van der Waals surface area contributed by atoms with Crippen molar-refractivity contribution in [3.8, 4) is 5.75 Å². The molecule has 28 heavy (non-hydrogen) atoms. The lowest BCUT2D eigenvalue weighted by Crippen LogP contribution is -3.11. The molecule has 10 heteroatoms. The van der Waals surface area contributed by atoms with Crippen LogP contribution in [-0.4, -0.2) is 44.0 Å². The summed E-state index contributed by atoms with van der Waals surface area (Å²) in [5.41, 5.74) is 0.342. The number of methoxy groups -OCH3 is 1. The Bertz CT molecular complexity index is 890. The van der Waals surface area contributed by atoms with E-state index in [1.807, 2.05) is 0 Å². The van der Waals surface area contributed by atoms with Gasteiger partial charge in [0.1, 0.15) is 11.4 Å². The van der Waals surface area contributed by atoms with E-state index < -0.39 is 10.8 Å². The van der Waals surface area contributed by atoms with Crippen LogP contribution in [0.25, 0.3) is 0 Å². The second-order valence-electron chi connectivity index (χ2n) is 6.03. The lowest BCUT2D eigenvalue weighted by Gasteiger charge is -2.15. The molecule has 148 valence electrons. The molecule has 1 atom stereocenters. The van der Waals surface area contributed by atoms with Gasteiger partial charge in [-0.15, -0.1) is 0 Å². The van der Waals surface area contributed by atoms with Gasteiger partial charge in [0.25, 0.3) is 17.5 Å². The zero-order valence-electron chi connectivity index (χ0n) is 15.3. The SMILES string of the molecule is COc1ccc(Cl)cc1NC(=O)C[NH+](C)CC(=O)Nc1ccccc1[N+](=O)[O-]. The van der Waals surface area contributed by atoms with E-state index in [0.717, 1.165) is 0 Å². The zero-order valence-corrected chi connectivity index (χ0v) is 16.1. The Hall–Kier alpha value is -3.17. The fraction of sp³-hybridized carbons (Fsp3) is 0.222. The monoisotopic (exact) mass is 407 g/mol. The molecule has 0 aliphatic heterocycles. The largest absolute Gasteiger partial charge is 0.495 e. The van der Waals surface area contributed by atoms with Crippen LogP contribution in [0.3, 0.4) is 0 Å². The third-order valence-corrected chi connectivity index (χ3v) is 3.97. The molecular weight excluding hydrogens is 388 g/mol. The Balaban J connectivity index is 1.92. The van der Waals surface area contributed by atoms with Crippen molar-refractivity contribution in [3.05, 3.63) is 57.6 Å². The fourth-order valence-electron chi connectivity index (χ4n) is 2.52. The predicted molar refractivity (Wildman–Crippen MR) is 105 cm³/mol. The van der Waals surface area contributed by atoms with Gasteiger partial charge in [-0.1, -0.05) is 23.7 Å². The summed E-state index contributed by atoms with van der Waals surface area (Å²) < 4.78 is 5.17. The number of hydrogen-bond acceptors (Lipinski definition) is 5. The number of ether oxygens (including phenoxy) is 1. The van der Waals surface area contributed by atoms with Crippen molar-refractivity contribution in [1.29, 1.82) is 0 Å². The average Bonchev–Trinajstić information content (AvgIpc) is 2.61. The molecule has 0 saturated heterocycles. The van der Waals surface area contributed by atoms with Crippen LogP contribution < -0.4 is 20.3 Å². The van der Waals surface area contributed by atoms with Crippen LogP contribution in [0.1, 0.15) is 0 Å². The number of nitro groups is 1. The van der Waals surface area contributed by atoms with Crippen LogP contribution >= 0.6 is 11.6 Å². The minimum atomic E-state index is -0.571. The number of carbonyl (C=O) groups excluding carboxylic acids is 2. The highest BCUT2D eigenvalue weighted by Crippen LogP contribution is 2.27. The summed E-state index contributed by atoms with van der Waals surface area (Å²) in [7, 11) is 3.14. The highest BCUT2D eigenvalue weighted by Gasteiger charge is 2.19. The Morgan fingerprint density at radius 1 is 1.11 bits per heavy atom. The summed E-state index contributed by atoms with van der Waals surface area (Å²) in [5.74, 6) is -0.318. The highest BCUT2D eigenvalue weighted by atomic mass is 35.5. The van der Waals surface area contributed by atoms with Crippen molar-refractivity contribution in [3.63, 3.8) is 0 Å². The molecule has 9 nitrogen and oxygen atoms in total. The van der Waals surface area contributed by atoms with Crippen LogP contribution in [0.4, 0.5) is 17.1 Å². The molecule has 2 aromatic rings. The van der Waals surface area contributed by atoms with E-state index in [2.05, 4.69) is 10.6 Å². The smallest absolute Gasteiger partial charge is 0.292 e. The number of nitrogens with one attached hydrogen (secondary N) is 3. The number of benzene rings is 2. The fourth-order valence-corrected chi connectivity index (χ4v) is 2.69. The number of quaternary nitrogens is 1. The average molecular weight is 408 g/mol. The van der Waals surface area contributed by atoms with Crippen LogP contribution in [0.15, 0.2) is 42.5 Å². The first-order chi connectivity index (χ1) is 13.3. The quantitative estimate of drug-likeness (QED) is 0.451. The Labute approximate surface area is 166 Å². The number of rotatable bonds is 8. The molecule has 0 aliphatic carbocycles. The number of nitrogens with zero attached hydrogens (tertiary/aromatic N) is 1. The maximum Gasteiger partial charge on any atom is 0.292 e. The number of hydrogen-bond donors (Lipinski definition) is 3. The standard InChI is InChI=1S/C18H19ClN4O5/c1-22(10-17(24)20-13-5-3-4-6-15(13)23(26)27)11-18(25)21-14-9-12(19)7-8-16(14)28-2/h3-9H,10-11H2,1-2H3,(H,20,24)(H,21,25)/p+1. The van der Waals surface area contributed by atoms with E-state index in [0.29, 0.717) is 21.4 Å². The van der Waals surface area contributed by atoms with E-state index in [-0.39, 0.29) is 30.4 Å². The van der Waals surface area contributed by atoms with Crippen LogP contribution in [0, 0.1) is 10.1 Å². The molecule has 3 N–H and O–H groups in total. The Morgan fingerprint density at radius 2 is 1.71 bits per heavy atom. The van der Waals surface area contributed by atoms with E-state index in [1.54, 1.807) is 31.3 Å². The summed E-state index contributed by atoms with van der Waals surface area (Å²) in [5, 5.41) is 16.6. The molecule has 0 heterocycles. The number of likely N-dealkylation sites (N-methyl/N-ethyl adjacent to an activating group) is 1. The molecule has 0 spiro atoms. The summed E-state index contributed by atoms with van der Waals surface area (Å²) in [6.07, 6.45) is 0. The number of halogens is 1. The Morgan fingerprint density at radius 3 is 2.32 bits per heavy atom. The van der Waals surface area contributed by atoms with Crippen molar-refractivity contribution in [1.82, 2.24) is 0 Å². The van der Waals surface area contributed by atoms with Crippen molar-refractivity contribution in [2.75, 3.05) is 37.9 Å². The first-order valence-electron chi connectivity index (χ1n) is 8.28. The molecule has 0 radical (unpaired) electrons. The van der Waals surface area contributed by atoms with Gasteiger partial charge in [-0.25, -0.2) is 0 Å². The van der Waals surface area contributed by atoms with Crippen LogP contribution in [0.2, 0.25) is 5.02 Å². The third-order valence-electron chi connectivity index (χ3n) is 3.74. The van der Waals surface area contributed by atoms with Gasteiger partial charge in [0, 0.05) is 11.1 Å². The maximum atomic E-state index is 12.2. The lowest BCUT2D eigenvalue weighted by molar-refractivity contribution is -0.862. The van der Waals surface area contributed by atoms with Gasteiger partial charge in [0.15, 0.2) is 13.1 Å². The van der Waals surface area contributed by atoms with Crippen molar-refractivity contribution in [2.24, 2.45) is 0 Å². The minimum Gasteiger partial charge on any atom is -0.495 e. The van der Waals surface area contributed by atoms with Gasteiger partial charge < -0.3 is 20.3 Å². The second-order valence-corrected chi connectivity index (χ2v) is 6.46. The van der Waals surface area contributed by atoms with Gasteiger partial charge in [-0.3, -0.25) is 19.7 Å². The summed E-state index contributed by atoms with van der Waals surface area (Å²) in [4.78, 5) is 35.4. The van der Waals surface area contributed by atoms with Gasteiger partial charge >= 0.3 is 0 Å². The topological polar surface area (TPSA) is 115 Å². The summed E-state index contributed by atoms with van der Waals surface area (Å²) in [6, 6.07) is 10.7. The van der Waals surface area contributed by atoms with Crippen LogP contribution in [-0.2, 0) is 9.59 Å². The van der Waals surface area contributed by atoms with E-state index >= 15 is 0 Å². The van der Waals surface area contributed by atoms with E-state index in [1.165, 1.54) is 25.3 Å². The molecule has 2 aromatic carbocycles. The van der Waals surface area contributed by atoms with Crippen molar-refractivity contribution in [2.45, 2.75) is 0 Å². The number of carbonyl (C=O) groups is 2. The maximum absolute atomic E-state index is 12.2.